The summed E-state index contributed by atoms with van der Waals surface area (Å²) in [6, 6.07) is 1.12. The molecule has 1 aromatic heterocycles. The van der Waals surface area contributed by atoms with Crippen molar-refractivity contribution in [2.75, 3.05) is 6.54 Å². The van der Waals surface area contributed by atoms with Crippen LogP contribution in [0.1, 0.15) is 44.7 Å². The smallest absolute Gasteiger partial charge is 0.330 e. The summed E-state index contributed by atoms with van der Waals surface area (Å²) in [5.41, 5.74) is -1.10. The van der Waals surface area contributed by atoms with E-state index in [1.165, 1.54) is 27.4 Å². The highest BCUT2D eigenvalue weighted by atomic mass is 32.2. The van der Waals surface area contributed by atoms with Gasteiger partial charge in [0.15, 0.2) is 9.84 Å². The van der Waals surface area contributed by atoms with Crippen LogP contribution in [0, 0.1) is 5.92 Å². The SMILES string of the molecule is C[C@@H](C(=O)NCC1CCCCC1)S(=O)(=O)Cc1cc(=O)n(C)c(=O)n1C. The Labute approximate surface area is 153 Å². The Morgan fingerprint density at radius 1 is 1.19 bits per heavy atom. The first-order valence-electron chi connectivity index (χ1n) is 8.88. The summed E-state index contributed by atoms with van der Waals surface area (Å²) < 4.78 is 27.2. The lowest BCUT2D eigenvalue weighted by Crippen LogP contribution is -2.42. The predicted octanol–water partition coefficient (Wildman–Crippen LogP) is 0.0838. The number of aromatic nitrogens is 2. The molecule has 0 aliphatic heterocycles. The van der Waals surface area contributed by atoms with Crippen LogP contribution in [0.4, 0.5) is 0 Å². The van der Waals surface area contributed by atoms with Crippen molar-refractivity contribution >= 4 is 15.7 Å². The Hall–Kier alpha value is -1.90. The highest BCUT2D eigenvalue weighted by Gasteiger charge is 2.29. The summed E-state index contributed by atoms with van der Waals surface area (Å²) in [6.45, 7) is 1.83. The van der Waals surface area contributed by atoms with Crippen molar-refractivity contribution in [3.8, 4) is 0 Å². The number of carbonyl (C=O) groups is 1. The Balaban J connectivity index is 2.08. The minimum atomic E-state index is -3.85. The Morgan fingerprint density at radius 2 is 1.81 bits per heavy atom. The van der Waals surface area contributed by atoms with E-state index >= 15 is 0 Å². The molecule has 0 unspecified atom stereocenters. The minimum Gasteiger partial charge on any atom is -0.355 e. The van der Waals surface area contributed by atoms with Crippen molar-refractivity contribution in [2.24, 2.45) is 20.0 Å². The van der Waals surface area contributed by atoms with Crippen LogP contribution in [0.25, 0.3) is 0 Å². The van der Waals surface area contributed by atoms with Crippen LogP contribution in [0.15, 0.2) is 15.7 Å². The molecule has 146 valence electrons. The second-order valence-corrected chi connectivity index (χ2v) is 9.39. The number of nitrogens with zero attached hydrogens (tertiary/aromatic N) is 2. The summed E-state index contributed by atoms with van der Waals surface area (Å²) >= 11 is 0. The average molecular weight is 385 g/mol. The maximum Gasteiger partial charge on any atom is 0.330 e. The van der Waals surface area contributed by atoms with Crippen molar-refractivity contribution < 1.29 is 13.2 Å². The lowest BCUT2D eigenvalue weighted by molar-refractivity contribution is -0.120. The van der Waals surface area contributed by atoms with Gasteiger partial charge in [0, 0.05) is 32.4 Å². The fraction of sp³-hybridized carbons (Fsp3) is 0.706. The van der Waals surface area contributed by atoms with Crippen molar-refractivity contribution in [3.63, 3.8) is 0 Å². The third-order valence-electron chi connectivity index (χ3n) is 5.17. The van der Waals surface area contributed by atoms with Gasteiger partial charge in [-0.3, -0.25) is 18.7 Å². The Morgan fingerprint density at radius 3 is 2.42 bits per heavy atom. The molecule has 9 heteroatoms. The summed E-state index contributed by atoms with van der Waals surface area (Å²) in [5, 5.41) is 1.49. The molecular weight excluding hydrogens is 358 g/mol. The molecule has 1 heterocycles. The van der Waals surface area contributed by atoms with Gasteiger partial charge in [0.2, 0.25) is 5.91 Å². The summed E-state index contributed by atoms with van der Waals surface area (Å²) in [4.78, 5) is 36.0. The molecule has 1 aliphatic rings. The van der Waals surface area contributed by atoms with Gasteiger partial charge >= 0.3 is 5.69 Å². The van der Waals surface area contributed by atoms with Gasteiger partial charge in [0.1, 0.15) is 5.25 Å². The molecule has 1 aromatic rings. The zero-order valence-corrected chi connectivity index (χ0v) is 16.3. The molecule has 0 bridgehead atoms. The second kappa shape index (κ2) is 8.20. The summed E-state index contributed by atoms with van der Waals surface area (Å²) in [7, 11) is -1.13. The van der Waals surface area contributed by atoms with E-state index in [-0.39, 0.29) is 5.69 Å². The second-order valence-electron chi connectivity index (χ2n) is 7.07. The number of carbonyl (C=O) groups excluding carboxylic acids is 1. The molecule has 1 saturated carbocycles. The molecule has 1 aliphatic carbocycles. The summed E-state index contributed by atoms with van der Waals surface area (Å²) in [5.74, 6) is -0.669. The van der Waals surface area contributed by atoms with Gasteiger partial charge in [-0.2, -0.15) is 0 Å². The highest BCUT2D eigenvalue weighted by molar-refractivity contribution is 7.92. The highest BCUT2D eigenvalue weighted by Crippen LogP contribution is 2.22. The molecule has 0 saturated heterocycles. The normalized spacial score (nSPS) is 17.0. The maximum atomic E-state index is 12.6. The van der Waals surface area contributed by atoms with E-state index in [2.05, 4.69) is 5.32 Å². The first-order valence-corrected chi connectivity index (χ1v) is 10.6. The number of sulfone groups is 1. The molecule has 0 aromatic carbocycles. The molecule has 8 nitrogen and oxygen atoms in total. The minimum absolute atomic E-state index is 0.0741. The van der Waals surface area contributed by atoms with Crippen molar-refractivity contribution in [1.29, 1.82) is 0 Å². The lowest BCUT2D eigenvalue weighted by atomic mass is 9.89. The Kier molecular flexibility index (Phi) is 6.44. The third kappa shape index (κ3) is 4.63. The molecule has 26 heavy (non-hydrogen) atoms. The van der Waals surface area contributed by atoms with Crippen LogP contribution >= 0.6 is 0 Å². The first kappa shape index (κ1) is 20.4. The van der Waals surface area contributed by atoms with E-state index < -0.39 is 38.0 Å². The van der Waals surface area contributed by atoms with E-state index in [0.29, 0.717) is 12.5 Å². The first-order chi connectivity index (χ1) is 12.1. The van der Waals surface area contributed by atoms with Gasteiger partial charge in [0.05, 0.1) is 5.75 Å². The number of rotatable bonds is 6. The number of hydrogen-bond acceptors (Lipinski definition) is 5. The fourth-order valence-corrected chi connectivity index (χ4v) is 4.54. The molecule has 1 amide bonds. The van der Waals surface area contributed by atoms with Gasteiger partial charge in [-0.05, 0) is 25.7 Å². The number of nitrogens with one attached hydrogen (secondary N) is 1. The zero-order chi connectivity index (χ0) is 19.5. The molecule has 1 fully saturated rings. The van der Waals surface area contributed by atoms with Crippen LogP contribution in [0.3, 0.4) is 0 Å². The number of hydrogen-bond donors (Lipinski definition) is 1. The lowest BCUT2D eigenvalue weighted by Gasteiger charge is -2.22. The van der Waals surface area contributed by atoms with Gasteiger partial charge in [-0.25, -0.2) is 13.2 Å². The largest absolute Gasteiger partial charge is 0.355 e. The van der Waals surface area contributed by atoms with E-state index in [1.807, 2.05) is 0 Å². The van der Waals surface area contributed by atoms with Crippen LogP contribution in [-0.2, 0) is 34.5 Å². The zero-order valence-electron chi connectivity index (χ0n) is 15.5. The number of amides is 1. The molecule has 0 radical (unpaired) electrons. The van der Waals surface area contributed by atoms with Crippen LogP contribution < -0.4 is 16.6 Å². The van der Waals surface area contributed by atoms with Crippen molar-refractivity contribution in [2.45, 2.75) is 50.0 Å². The molecule has 1 atom stereocenters. The summed E-state index contributed by atoms with van der Waals surface area (Å²) in [6.07, 6.45) is 5.61. The van der Waals surface area contributed by atoms with Gasteiger partial charge in [0.25, 0.3) is 5.56 Å². The monoisotopic (exact) mass is 385 g/mol. The van der Waals surface area contributed by atoms with Gasteiger partial charge < -0.3 is 5.32 Å². The maximum absolute atomic E-state index is 12.6. The van der Waals surface area contributed by atoms with E-state index in [1.54, 1.807) is 0 Å². The molecule has 2 rings (SSSR count). The Bertz CT molecular complexity index is 879. The van der Waals surface area contributed by atoms with E-state index in [4.69, 9.17) is 0 Å². The van der Waals surface area contributed by atoms with Gasteiger partial charge in [-0.1, -0.05) is 19.3 Å². The predicted molar refractivity (Wildman–Crippen MR) is 98.6 cm³/mol. The third-order valence-corrected chi connectivity index (χ3v) is 7.16. The van der Waals surface area contributed by atoms with Crippen molar-refractivity contribution in [1.82, 2.24) is 14.5 Å². The molecule has 1 N–H and O–H groups in total. The molecular formula is C17H27N3O5S. The quantitative estimate of drug-likeness (QED) is 0.746. The standard InChI is InChI=1S/C17H27N3O5S/c1-12(16(22)18-10-13-7-5-4-6-8-13)26(24,25)11-14-9-15(21)20(3)17(23)19(14)2/h9,12-13H,4-8,10-11H2,1-3H3,(H,18,22)/t12-/m0/s1. The topological polar surface area (TPSA) is 107 Å². The van der Waals surface area contributed by atoms with Crippen LogP contribution in [0.2, 0.25) is 0 Å². The van der Waals surface area contributed by atoms with Crippen LogP contribution in [0.5, 0.6) is 0 Å². The molecule has 0 spiro atoms. The van der Waals surface area contributed by atoms with Gasteiger partial charge in [-0.15, -0.1) is 0 Å². The van der Waals surface area contributed by atoms with Crippen molar-refractivity contribution in [3.05, 3.63) is 32.6 Å². The fourth-order valence-electron chi connectivity index (χ4n) is 3.19. The van der Waals surface area contributed by atoms with E-state index in [9.17, 15) is 22.8 Å². The van der Waals surface area contributed by atoms with E-state index in [0.717, 1.165) is 40.9 Å². The van der Waals surface area contributed by atoms with Crippen LogP contribution in [-0.4, -0.2) is 35.3 Å². The average Bonchev–Trinajstić information content (AvgIpc) is 2.62.